The van der Waals surface area contributed by atoms with Crippen LogP contribution in [0.15, 0.2) is 52.9 Å². The predicted octanol–water partition coefficient (Wildman–Crippen LogP) is 5.75. The smallest absolute Gasteiger partial charge is 0.233 e. The summed E-state index contributed by atoms with van der Waals surface area (Å²) in [5, 5.41) is 1.18. The quantitative estimate of drug-likeness (QED) is 0.489. The van der Waals surface area contributed by atoms with E-state index in [1.165, 1.54) is 10.3 Å². The van der Waals surface area contributed by atoms with Gasteiger partial charge in [0.2, 0.25) is 5.91 Å². The fraction of sp³-hybridized carbons (Fsp3) is 0.300. The minimum atomic E-state index is 0.194. The van der Waals surface area contributed by atoms with Crippen LogP contribution < -0.4 is 0 Å². The van der Waals surface area contributed by atoms with Gasteiger partial charge in [-0.05, 0) is 30.2 Å². The van der Waals surface area contributed by atoms with Crippen LogP contribution in [-0.4, -0.2) is 40.4 Å². The number of halogens is 1. The van der Waals surface area contributed by atoms with E-state index in [0.717, 1.165) is 40.1 Å². The Bertz CT molecular complexity index is 913. The zero-order valence-corrected chi connectivity index (χ0v) is 17.8. The molecule has 2 aromatic carbocycles. The number of benzene rings is 2. The summed E-state index contributed by atoms with van der Waals surface area (Å²) in [6.07, 6.45) is 0.936. The van der Waals surface area contributed by atoms with E-state index in [4.69, 9.17) is 11.6 Å². The first-order chi connectivity index (χ1) is 13.2. The molecule has 3 aromatic rings. The lowest BCUT2D eigenvalue weighted by Crippen LogP contribution is -2.34. The minimum absolute atomic E-state index is 0.194. The molecule has 2 heterocycles. The lowest BCUT2D eigenvalue weighted by atomic mass is 10.1. The third kappa shape index (κ3) is 4.62. The summed E-state index contributed by atoms with van der Waals surface area (Å²) in [6, 6.07) is 16.1. The van der Waals surface area contributed by atoms with Crippen LogP contribution in [0.2, 0.25) is 5.02 Å². The molecule has 0 radical (unpaired) electrons. The summed E-state index contributed by atoms with van der Waals surface area (Å²) in [5.74, 6) is 1.58. The number of amides is 1. The fourth-order valence-corrected chi connectivity index (χ4v) is 6.70. The van der Waals surface area contributed by atoms with E-state index in [9.17, 15) is 4.79 Å². The van der Waals surface area contributed by atoms with Crippen molar-refractivity contribution in [3.63, 3.8) is 0 Å². The van der Waals surface area contributed by atoms with Crippen molar-refractivity contribution in [1.82, 2.24) is 9.88 Å². The summed E-state index contributed by atoms with van der Waals surface area (Å²) in [5.41, 5.74) is 2.19. The molecule has 1 atom stereocenters. The Morgan fingerprint density at radius 1 is 1.19 bits per heavy atom. The Hall–Kier alpha value is -1.21. The van der Waals surface area contributed by atoms with E-state index in [-0.39, 0.29) is 5.91 Å². The molecule has 1 amide bonds. The van der Waals surface area contributed by atoms with E-state index in [2.05, 4.69) is 17.1 Å². The summed E-state index contributed by atoms with van der Waals surface area (Å²) in [7, 11) is 0. The number of carbonyl (C=O) groups is 1. The zero-order chi connectivity index (χ0) is 18.6. The molecule has 3 nitrogen and oxygen atoms in total. The van der Waals surface area contributed by atoms with E-state index in [0.29, 0.717) is 11.0 Å². The van der Waals surface area contributed by atoms with Crippen LogP contribution in [0.4, 0.5) is 0 Å². The normalized spacial score (nSPS) is 17.8. The van der Waals surface area contributed by atoms with Crippen molar-refractivity contribution in [2.24, 2.45) is 0 Å². The average Bonchev–Trinajstić information content (AvgIpc) is 2.94. The number of thiazole rings is 1. The Labute approximate surface area is 176 Å². The second kappa shape index (κ2) is 8.86. The first-order valence-electron chi connectivity index (χ1n) is 8.83. The summed E-state index contributed by atoms with van der Waals surface area (Å²) >= 11 is 11.4. The molecule has 0 saturated carbocycles. The molecule has 1 aliphatic heterocycles. The van der Waals surface area contributed by atoms with Gasteiger partial charge in [-0.25, -0.2) is 4.98 Å². The molecule has 7 heteroatoms. The number of aromatic nitrogens is 1. The molecular weight excluding hydrogens is 416 g/mol. The van der Waals surface area contributed by atoms with Gasteiger partial charge in [0.25, 0.3) is 0 Å². The molecule has 1 saturated heterocycles. The van der Waals surface area contributed by atoms with Gasteiger partial charge in [-0.3, -0.25) is 4.79 Å². The summed E-state index contributed by atoms with van der Waals surface area (Å²) in [6.45, 7) is 1.58. The number of para-hydroxylation sites is 1. The van der Waals surface area contributed by atoms with Crippen molar-refractivity contribution >= 4 is 62.6 Å². The van der Waals surface area contributed by atoms with Gasteiger partial charge < -0.3 is 4.90 Å². The molecule has 1 aliphatic rings. The lowest BCUT2D eigenvalue weighted by Gasteiger charge is -2.20. The maximum absolute atomic E-state index is 12.7. The predicted molar refractivity (Wildman–Crippen MR) is 118 cm³/mol. The van der Waals surface area contributed by atoms with Gasteiger partial charge in [0.05, 0.1) is 16.0 Å². The van der Waals surface area contributed by atoms with Crippen molar-refractivity contribution in [3.8, 4) is 0 Å². The third-order valence-corrected chi connectivity index (χ3v) is 8.36. The molecule has 0 aliphatic carbocycles. The monoisotopic (exact) mass is 434 g/mol. The van der Waals surface area contributed by atoms with Gasteiger partial charge >= 0.3 is 0 Å². The van der Waals surface area contributed by atoms with E-state index < -0.39 is 0 Å². The van der Waals surface area contributed by atoms with Crippen LogP contribution in [0.5, 0.6) is 0 Å². The van der Waals surface area contributed by atoms with Gasteiger partial charge in [0, 0.05) is 29.1 Å². The van der Waals surface area contributed by atoms with Crippen LogP contribution in [0, 0.1) is 0 Å². The molecule has 0 bridgehead atoms. The first kappa shape index (κ1) is 19.1. The van der Waals surface area contributed by atoms with Crippen LogP contribution >= 0.6 is 46.5 Å². The highest BCUT2D eigenvalue weighted by atomic mass is 35.5. The molecule has 27 heavy (non-hydrogen) atoms. The lowest BCUT2D eigenvalue weighted by molar-refractivity contribution is -0.128. The maximum atomic E-state index is 12.7. The number of hydrogen-bond donors (Lipinski definition) is 0. The Kier molecular flexibility index (Phi) is 6.28. The summed E-state index contributed by atoms with van der Waals surface area (Å²) in [4.78, 5) is 19.3. The Balaban J connectivity index is 1.34. The number of nitrogens with zero attached hydrogens (tertiary/aromatic N) is 2. The van der Waals surface area contributed by atoms with Gasteiger partial charge in [0.15, 0.2) is 4.34 Å². The second-order valence-electron chi connectivity index (χ2n) is 6.29. The largest absolute Gasteiger partial charge is 0.341 e. The molecule has 0 N–H and O–H groups in total. The standard InChI is InChI=1S/C20H19ClN2OS3/c21-15-6-2-1-5-14(15)17-9-10-23(11-12-25-17)19(24)13-26-20-22-16-7-3-4-8-18(16)27-20/h1-8,17H,9-13H2. The second-order valence-corrected chi connectivity index (χ2v) is 10.3. The highest BCUT2D eigenvalue weighted by molar-refractivity contribution is 8.01. The number of carbonyl (C=O) groups excluding carboxylic acids is 1. The Morgan fingerprint density at radius 2 is 2.00 bits per heavy atom. The highest BCUT2D eigenvalue weighted by Gasteiger charge is 2.23. The third-order valence-electron chi connectivity index (χ3n) is 4.54. The van der Waals surface area contributed by atoms with E-state index >= 15 is 0 Å². The number of hydrogen-bond acceptors (Lipinski definition) is 5. The first-order valence-corrected chi connectivity index (χ1v) is 12.1. The van der Waals surface area contributed by atoms with Crippen molar-refractivity contribution in [3.05, 3.63) is 59.1 Å². The van der Waals surface area contributed by atoms with Gasteiger partial charge in [-0.15, -0.1) is 11.3 Å². The van der Waals surface area contributed by atoms with E-state index in [1.54, 1.807) is 23.1 Å². The number of thioether (sulfide) groups is 2. The molecule has 4 rings (SSSR count). The minimum Gasteiger partial charge on any atom is -0.341 e. The van der Waals surface area contributed by atoms with Crippen LogP contribution in [0.3, 0.4) is 0 Å². The van der Waals surface area contributed by atoms with Crippen LogP contribution in [0.1, 0.15) is 17.2 Å². The van der Waals surface area contributed by atoms with Crippen LogP contribution in [-0.2, 0) is 4.79 Å². The van der Waals surface area contributed by atoms with Crippen molar-refractivity contribution < 1.29 is 4.79 Å². The Morgan fingerprint density at radius 3 is 2.85 bits per heavy atom. The topological polar surface area (TPSA) is 33.2 Å². The molecule has 1 aromatic heterocycles. The fourth-order valence-electron chi connectivity index (χ4n) is 3.13. The van der Waals surface area contributed by atoms with Crippen molar-refractivity contribution in [1.29, 1.82) is 0 Å². The highest BCUT2D eigenvalue weighted by Crippen LogP contribution is 2.38. The van der Waals surface area contributed by atoms with Gasteiger partial charge in [-0.1, -0.05) is 53.7 Å². The average molecular weight is 435 g/mol. The molecule has 0 spiro atoms. The molecule has 140 valence electrons. The van der Waals surface area contributed by atoms with Crippen LogP contribution in [0.25, 0.3) is 10.2 Å². The SMILES string of the molecule is O=C(CSc1nc2ccccc2s1)N1CCSC(c2ccccc2Cl)CC1. The molecule has 1 unspecified atom stereocenters. The van der Waals surface area contributed by atoms with Gasteiger partial charge in [0.1, 0.15) is 0 Å². The van der Waals surface area contributed by atoms with E-state index in [1.807, 2.05) is 53.1 Å². The van der Waals surface area contributed by atoms with Gasteiger partial charge in [-0.2, -0.15) is 11.8 Å². The molecular formula is C20H19ClN2OS3. The van der Waals surface area contributed by atoms with Crippen molar-refractivity contribution in [2.45, 2.75) is 16.0 Å². The molecule has 1 fully saturated rings. The summed E-state index contributed by atoms with van der Waals surface area (Å²) < 4.78 is 2.13. The number of rotatable bonds is 4. The zero-order valence-electron chi connectivity index (χ0n) is 14.6. The number of fused-ring (bicyclic) bond motifs is 1. The maximum Gasteiger partial charge on any atom is 0.233 e. The van der Waals surface area contributed by atoms with Crippen molar-refractivity contribution in [2.75, 3.05) is 24.6 Å².